The van der Waals surface area contributed by atoms with Gasteiger partial charge in [0.2, 0.25) is 0 Å². The second-order valence-corrected chi connectivity index (χ2v) is 4.81. The summed E-state index contributed by atoms with van der Waals surface area (Å²) in [5.41, 5.74) is 0. The summed E-state index contributed by atoms with van der Waals surface area (Å²) in [6.07, 6.45) is 2.70. The molecule has 0 bridgehead atoms. The summed E-state index contributed by atoms with van der Waals surface area (Å²) < 4.78 is 22.9. The van der Waals surface area contributed by atoms with E-state index in [0.29, 0.717) is 0 Å². The topological polar surface area (TPSA) is 47.0 Å². The zero-order valence-corrected chi connectivity index (χ0v) is 8.35. The fraction of sp³-hybridized carbons (Fsp3) is 0.125. The first-order valence-electron chi connectivity index (χ1n) is 3.51. The van der Waals surface area contributed by atoms with Crippen molar-refractivity contribution in [2.24, 2.45) is 0 Å². The molecule has 0 spiro atoms. The van der Waals surface area contributed by atoms with Crippen LogP contribution in [0.25, 0.3) is 0 Å². The van der Waals surface area contributed by atoms with Crippen LogP contribution in [0.15, 0.2) is 35.9 Å². The van der Waals surface area contributed by atoms with Crippen molar-refractivity contribution in [3.63, 3.8) is 0 Å². The first-order valence-corrected chi connectivity index (χ1v) is 5.54. The minimum Gasteiger partial charge on any atom is -0.244 e. The van der Waals surface area contributed by atoms with E-state index in [2.05, 4.69) is 11.6 Å². The van der Waals surface area contributed by atoms with Gasteiger partial charge in [-0.1, -0.05) is 17.7 Å². The lowest BCUT2D eigenvalue weighted by molar-refractivity contribution is 0.599. The van der Waals surface area contributed by atoms with Gasteiger partial charge in [0.05, 0.1) is 10.6 Å². The van der Waals surface area contributed by atoms with Crippen molar-refractivity contribution in [2.45, 2.75) is 4.90 Å². The number of pyridine rings is 1. The fourth-order valence-corrected chi connectivity index (χ4v) is 2.13. The third-order valence-corrected chi connectivity index (χ3v) is 3.25. The standard InChI is InChI=1S/C8H8ClNO2S/c1-2-5-13(11,12)7-3-4-10-8(9)6-7/h2-4,6H,1,5H2. The Balaban J connectivity index is 3.15. The second-order valence-electron chi connectivity index (χ2n) is 2.38. The molecule has 5 heteroatoms. The van der Waals surface area contributed by atoms with Crippen LogP contribution < -0.4 is 0 Å². The molecule has 70 valence electrons. The van der Waals surface area contributed by atoms with Crippen molar-refractivity contribution in [1.82, 2.24) is 4.98 Å². The molecule has 0 saturated carbocycles. The van der Waals surface area contributed by atoms with Crippen LogP contribution in [0.3, 0.4) is 0 Å². The van der Waals surface area contributed by atoms with E-state index in [1.807, 2.05) is 0 Å². The summed E-state index contributed by atoms with van der Waals surface area (Å²) in [5.74, 6) is -0.0899. The summed E-state index contributed by atoms with van der Waals surface area (Å²) >= 11 is 5.55. The van der Waals surface area contributed by atoms with Gasteiger partial charge in [-0.3, -0.25) is 0 Å². The number of rotatable bonds is 3. The molecule has 0 saturated heterocycles. The Morgan fingerprint density at radius 1 is 1.62 bits per heavy atom. The normalized spacial score (nSPS) is 11.2. The van der Waals surface area contributed by atoms with Gasteiger partial charge in [-0.05, 0) is 12.1 Å². The summed E-state index contributed by atoms with van der Waals surface area (Å²) in [5, 5.41) is 0.171. The van der Waals surface area contributed by atoms with Gasteiger partial charge in [0.1, 0.15) is 5.15 Å². The quantitative estimate of drug-likeness (QED) is 0.572. The highest BCUT2D eigenvalue weighted by molar-refractivity contribution is 7.91. The van der Waals surface area contributed by atoms with Crippen LogP contribution in [-0.4, -0.2) is 19.2 Å². The lowest BCUT2D eigenvalue weighted by Crippen LogP contribution is -2.04. The SMILES string of the molecule is C=CCS(=O)(=O)c1ccnc(Cl)c1. The van der Waals surface area contributed by atoms with E-state index in [4.69, 9.17) is 11.6 Å². The van der Waals surface area contributed by atoms with E-state index >= 15 is 0 Å². The van der Waals surface area contributed by atoms with Crippen molar-refractivity contribution in [1.29, 1.82) is 0 Å². The third-order valence-electron chi connectivity index (χ3n) is 1.39. The summed E-state index contributed by atoms with van der Waals surface area (Å²) in [6.45, 7) is 3.37. The molecule has 0 aromatic carbocycles. The predicted octanol–water partition coefficient (Wildman–Crippen LogP) is 1.69. The molecule has 0 N–H and O–H groups in total. The molecule has 0 aliphatic carbocycles. The van der Waals surface area contributed by atoms with E-state index in [9.17, 15) is 8.42 Å². The van der Waals surface area contributed by atoms with Gasteiger partial charge in [0.25, 0.3) is 0 Å². The van der Waals surface area contributed by atoms with Crippen LogP contribution in [0, 0.1) is 0 Å². The number of nitrogens with zero attached hydrogens (tertiary/aromatic N) is 1. The van der Waals surface area contributed by atoms with Crippen molar-refractivity contribution in [3.05, 3.63) is 36.1 Å². The molecule has 1 rings (SSSR count). The number of sulfone groups is 1. The van der Waals surface area contributed by atoms with Gasteiger partial charge in [0.15, 0.2) is 9.84 Å². The van der Waals surface area contributed by atoms with Gasteiger partial charge >= 0.3 is 0 Å². The molecule has 13 heavy (non-hydrogen) atoms. The molecule has 1 heterocycles. The Hall–Kier alpha value is -0.870. The Bertz CT molecular complexity index is 414. The van der Waals surface area contributed by atoms with E-state index in [-0.39, 0.29) is 15.8 Å². The first-order chi connectivity index (χ1) is 6.06. The monoisotopic (exact) mass is 217 g/mol. The Morgan fingerprint density at radius 2 is 2.31 bits per heavy atom. The summed E-state index contributed by atoms with van der Waals surface area (Å²) in [7, 11) is -3.28. The highest BCUT2D eigenvalue weighted by Gasteiger charge is 2.12. The molecule has 0 radical (unpaired) electrons. The number of hydrogen-bond donors (Lipinski definition) is 0. The van der Waals surface area contributed by atoms with Gasteiger partial charge in [-0.25, -0.2) is 13.4 Å². The van der Waals surface area contributed by atoms with Crippen molar-refractivity contribution >= 4 is 21.4 Å². The van der Waals surface area contributed by atoms with E-state index < -0.39 is 9.84 Å². The van der Waals surface area contributed by atoms with E-state index in [1.54, 1.807) is 0 Å². The lowest BCUT2D eigenvalue weighted by Gasteiger charge is -2.00. The molecule has 0 aliphatic rings. The fourth-order valence-electron chi connectivity index (χ4n) is 0.830. The summed E-state index contributed by atoms with van der Waals surface area (Å²) in [4.78, 5) is 3.86. The largest absolute Gasteiger partial charge is 0.244 e. The zero-order valence-electron chi connectivity index (χ0n) is 6.77. The van der Waals surface area contributed by atoms with Gasteiger partial charge in [-0.2, -0.15) is 0 Å². The smallest absolute Gasteiger partial charge is 0.182 e. The van der Waals surface area contributed by atoms with E-state index in [1.165, 1.54) is 24.4 Å². The third kappa shape index (κ3) is 2.54. The highest BCUT2D eigenvalue weighted by Crippen LogP contribution is 2.14. The van der Waals surface area contributed by atoms with Crippen LogP contribution in [0.2, 0.25) is 5.15 Å². The minimum absolute atomic E-state index is 0.0899. The molecule has 3 nitrogen and oxygen atoms in total. The molecular weight excluding hydrogens is 210 g/mol. The van der Waals surface area contributed by atoms with Crippen molar-refractivity contribution in [2.75, 3.05) is 5.75 Å². The van der Waals surface area contributed by atoms with Crippen molar-refractivity contribution < 1.29 is 8.42 Å². The molecule has 0 atom stereocenters. The van der Waals surface area contributed by atoms with Crippen molar-refractivity contribution in [3.8, 4) is 0 Å². The highest BCUT2D eigenvalue weighted by atomic mass is 35.5. The van der Waals surface area contributed by atoms with Gasteiger partial charge in [-0.15, -0.1) is 6.58 Å². The van der Waals surface area contributed by atoms with Crippen LogP contribution in [0.5, 0.6) is 0 Å². The Labute approximate surface area is 82.0 Å². The van der Waals surface area contributed by atoms with E-state index in [0.717, 1.165) is 0 Å². The molecule has 1 aromatic heterocycles. The number of aromatic nitrogens is 1. The molecule has 0 amide bonds. The van der Waals surface area contributed by atoms with Crippen LogP contribution >= 0.6 is 11.6 Å². The van der Waals surface area contributed by atoms with Crippen LogP contribution in [0.4, 0.5) is 0 Å². The first kappa shape index (κ1) is 10.2. The maximum Gasteiger partial charge on any atom is 0.182 e. The molecule has 0 fully saturated rings. The summed E-state index contributed by atoms with van der Waals surface area (Å²) in [6, 6.07) is 2.73. The average Bonchev–Trinajstić information content (AvgIpc) is 2.04. The van der Waals surface area contributed by atoms with Crippen LogP contribution in [0.1, 0.15) is 0 Å². The maximum atomic E-state index is 11.4. The molecule has 0 unspecified atom stereocenters. The second kappa shape index (κ2) is 3.89. The van der Waals surface area contributed by atoms with Gasteiger partial charge < -0.3 is 0 Å². The molecule has 0 aliphatic heterocycles. The maximum absolute atomic E-state index is 11.4. The number of hydrogen-bond acceptors (Lipinski definition) is 3. The molecule has 1 aromatic rings. The number of halogens is 1. The lowest BCUT2D eigenvalue weighted by atomic mass is 10.5. The Morgan fingerprint density at radius 3 is 2.85 bits per heavy atom. The van der Waals surface area contributed by atoms with Gasteiger partial charge in [0, 0.05) is 6.20 Å². The minimum atomic E-state index is -3.28. The Kier molecular flexibility index (Phi) is 3.06. The zero-order chi connectivity index (χ0) is 9.90. The van der Waals surface area contributed by atoms with Crippen LogP contribution in [-0.2, 0) is 9.84 Å². The molecular formula is C8H8ClNO2S. The average molecular weight is 218 g/mol. The predicted molar refractivity (Wildman–Crippen MR) is 51.5 cm³/mol.